The number of aliphatic hydroxyl groups is 1. The molecular weight excluding hydrogens is 458 g/mol. The quantitative estimate of drug-likeness (QED) is 0.313. The fourth-order valence-corrected chi connectivity index (χ4v) is 6.59. The summed E-state index contributed by atoms with van der Waals surface area (Å²) < 4.78 is 5.20. The van der Waals surface area contributed by atoms with Crippen LogP contribution in [0.5, 0.6) is 0 Å². The number of aliphatic hydroxyl groups excluding tert-OH is 1. The van der Waals surface area contributed by atoms with Gasteiger partial charge in [-0.25, -0.2) is 4.98 Å². The van der Waals surface area contributed by atoms with Gasteiger partial charge in [-0.05, 0) is 62.1 Å². The van der Waals surface area contributed by atoms with E-state index in [9.17, 15) is 9.90 Å². The van der Waals surface area contributed by atoms with Crippen LogP contribution in [0.2, 0.25) is 0 Å². The molecule has 6 nitrogen and oxygen atoms in total. The van der Waals surface area contributed by atoms with Crippen molar-refractivity contribution in [3.05, 3.63) is 40.9 Å². The Bertz CT molecular complexity index is 886. The smallest absolute Gasteiger partial charge is 0.229 e. The highest BCUT2D eigenvalue weighted by molar-refractivity contribution is 7.15. The molecule has 1 aromatic carbocycles. The molecule has 0 aliphatic heterocycles. The standard InChI is InChI=1S/C28H41N3O3S/c1-2-34-25(32)17-20-13-15-23(16-14-20)29-18-24-19-30-28(35-24)31-27(33)26(21-9-5-3-6-10-21)22-11-7-4-8-12-22/h13-16,19,21-22,25-26,29,32H,2-12,17-18H2,1H3,(H,30,31,33). The molecule has 2 saturated carbocycles. The minimum Gasteiger partial charge on any atom is -0.380 e. The van der Waals surface area contributed by atoms with Crippen molar-refractivity contribution >= 4 is 28.1 Å². The van der Waals surface area contributed by atoms with Crippen molar-refractivity contribution in [3.63, 3.8) is 0 Å². The zero-order chi connectivity index (χ0) is 24.5. The zero-order valence-electron chi connectivity index (χ0n) is 21.0. The maximum absolute atomic E-state index is 13.5. The molecule has 0 radical (unpaired) electrons. The van der Waals surface area contributed by atoms with E-state index in [1.54, 1.807) is 11.3 Å². The summed E-state index contributed by atoms with van der Waals surface area (Å²) in [5.74, 6) is 1.40. The molecule has 3 N–H and O–H groups in total. The summed E-state index contributed by atoms with van der Waals surface area (Å²) in [6.45, 7) is 3.03. The van der Waals surface area contributed by atoms with Crippen molar-refractivity contribution in [2.75, 3.05) is 17.2 Å². The fourth-order valence-electron chi connectivity index (χ4n) is 5.84. The number of aromatic nitrogens is 1. The van der Waals surface area contributed by atoms with Gasteiger partial charge in [-0.3, -0.25) is 4.79 Å². The Balaban J connectivity index is 1.30. The second kappa shape index (κ2) is 13.4. The van der Waals surface area contributed by atoms with Gasteiger partial charge in [0.1, 0.15) is 0 Å². The summed E-state index contributed by atoms with van der Waals surface area (Å²) in [6, 6.07) is 8.02. The van der Waals surface area contributed by atoms with Crippen LogP contribution in [-0.2, 0) is 22.5 Å². The second-order valence-corrected chi connectivity index (χ2v) is 11.2. The lowest BCUT2D eigenvalue weighted by Crippen LogP contribution is -2.37. The highest BCUT2D eigenvalue weighted by Gasteiger charge is 2.36. The molecule has 2 aliphatic rings. The first-order valence-electron chi connectivity index (χ1n) is 13.5. The molecule has 2 aromatic rings. The van der Waals surface area contributed by atoms with Crippen molar-refractivity contribution in [2.24, 2.45) is 17.8 Å². The normalized spacial score (nSPS) is 18.5. The molecule has 0 spiro atoms. The second-order valence-electron chi connectivity index (χ2n) is 10.1. The third-order valence-corrected chi connectivity index (χ3v) is 8.50. The Morgan fingerprint density at radius 2 is 1.69 bits per heavy atom. The molecule has 192 valence electrons. The van der Waals surface area contributed by atoms with Crippen molar-refractivity contribution in [3.8, 4) is 0 Å². The number of carbonyl (C=O) groups excluding carboxylic acids is 1. The van der Waals surface area contributed by atoms with Crippen molar-refractivity contribution in [1.82, 2.24) is 4.98 Å². The molecule has 1 atom stereocenters. The molecule has 4 rings (SSSR count). The van der Waals surface area contributed by atoms with Gasteiger partial charge in [-0.15, -0.1) is 0 Å². The number of nitrogens with one attached hydrogen (secondary N) is 2. The highest BCUT2D eigenvalue weighted by Crippen LogP contribution is 2.40. The van der Waals surface area contributed by atoms with Gasteiger partial charge in [0.25, 0.3) is 0 Å². The maximum atomic E-state index is 13.5. The lowest BCUT2D eigenvalue weighted by molar-refractivity contribution is -0.124. The molecular formula is C28H41N3O3S. The minimum atomic E-state index is -0.763. The number of hydrogen-bond acceptors (Lipinski definition) is 6. The van der Waals surface area contributed by atoms with Crippen LogP contribution in [0.3, 0.4) is 0 Å². The summed E-state index contributed by atoms with van der Waals surface area (Å²) in [5.41, 5.74) is 2.04. The summed E-state index contributed by atoms with van der Waals surface area (Å²) in [5, 5.41) is 17.1. The minimum absolute atomic E-state index is 0.140. The van der Waals surface area contributed by atoms with Crippen LogP contribution < -0.4 is 10.6 Å². The molecule has 2 aliphatic carbocycles. The predicted molar refractivity (Wildman–Crippen MR) is 142 cm³/mol. The van der Waals surface area contributed by atoms with Gasteiger partial charge < -0.3 is 20.5 Å². The number of carbonyl (C=O) groups is 1. The van der Waals surface area contributed by atoms with E-state index in [0.717, 1.165) is 16.1 Å². The first-order chi connectivity index (χ1) is 17.1. The van der Waals surface area contributed by atoms with Crippen molar-refractivity contribution in [1.29, 1.82) is 0 Å². The number of thiazole rings is 1. The fraction of sp³-hybridized carbons (Fsp3) is 0.643. The Kier molecular flexibility index (Phi) is 9.98. The molecule has 35 heavy (non-hydrogen) atoms. The van der Waals surface area contributed by atoms with E-state index < -0.39 is 6.29 Å². The van der Waals surface area contributed by atoms with Gasteiger partial charge >= 0.3 is 0 Å². The third kappa shape index (κ3) is 7.76. The molecule has 1 heterocycles. The molecule has 1 amide bonds. The van der Waals surface area contributed by atoms with E-state index in [2.05, 4.69) is 15.6 Å². The average molecular weight is 500 g/mol. The average Bonchev–Trinajstić information content (AvgIpc) is 3.32. The number of amides is 1. The highest BCUT2D eigenvalue weighted by atomic mass is 32.1. The Labute approximate surface area is 213 Å². The van der Waals surface area contributed by atoms with Gasteiger partial charge in [-0.1, -0.05) is 62.0 Å². The topological polar surface area (TPSA) is 83.5 Å². The van der Waals surface area contributed by atoms with E-state index in [1.807, 2.05) is 37.4 Å². The van der Waals surface area contributed by atoms with Gasteiger partial charge in [0.2, 0.25) is 5.91 Å². The van der Waals surface area contributed by atoms with E-state index in [4.69, 9.17) is 4.74 Å². The van der Waals surface area contributed by atoms with E-state index in [-0.39, 0.29) is 11.8 Å². The first-order valence-corrected chi connectivity index (χ1v) is 14.3. The van der Waals surface area contributed by atoms with Crippen LogP contribution in [0, 0.1) is 17.8 Å². The van der Waals surface area contributed by atoms with Gasteiger partial charge in [0, 0.05) is 35.7 Å². The first kappa shape index (κ1) is 26.1. The van der Waals surface area contributed by atoms with Crippen molar-refractivity contribution < 1.29 is 14.6 Å². The van der Waals surface area contributed by atoms with E-state index in [0.29, 0.717) is 36.5 Å². The van der Waals surface area contributed by atoms with Gasteiger partial charge in [-0.2, -0.15) is 0 Å². The van der Waals surface area contributed by atoms with Crippen LogP contribution in [-0.4, -0.2) is 28.9 Å². The molecule has 7 heteroatoms. The zero-order valence-corrected chi connectivity index (χ0v) is 21.8. The Morgan fingerprint density at radius 1 is 1.06 bits per heavy atom. The summed E-state index contributed by atoms with van der Waals surface area (Å²) in [7, 11) is 0. The summed E-state index contributed by atoms with van der Waals surface area (Å²) in [4.78, 5) is 19.1. The van der Waals surface area contributed by atoms with Crippen LogP contribution in [0.4, 0.5) is 10.8 Å². The summed E-state index contributed by atoms with van der Waals surface area (Å²) >= 11 is 1.55. The van der Waals surface area contributed by atoms with Crippen LogP contribution in [0.15, 0.2) is 30.5 Å². The van der Waals surface area contributed by atoms with Crippen LogP contribution >= 0.6 is 11.3 Å². The number of benzene rings is 1. The third-order valence-electron chi connectivity index (χ3n) is 7.59. The maximum Gasteiger partial charge on any atom is 0.229 e. The number of nitrogens with zero attached hydrogens (tertiary/aromatic N) is 1. The van der Waals surface area contributed by atoms with Crippen molar-refractivity contribution in [2.45, 2.75) is 90.4 Å². The monoisotopic (exact) mass is 499 g/mol. The molecule has 0 bridgehead atoms. The number of ether oxygens (including phenoxy) is 1. The Morgan fingerprint density at radius 3 is 2.29 bits per heavy atom. The Hall–Kier alpha value is -1.96. The van der Waals surface area contributed by atoms with E-state index in [1.165, 1.54) is 64.2 Å². The lowest BCUT2D eigenvalue weighted by atomic mass is 9.69. The predicted octanol–water partition coefficient (Wildman–Crippen LogP) is 6.37. The van der Waals surface area contributed by atoms with Crippen LogP contribution in [0.25, 0.3) is 0 Å². The van der Waals surface area contributed by atoms with Gasteiger partial charge in [0.05, 0.1) is 6.54 Å². The molecule has 2 fully saturated rings. The molecule has 1 unspecified atom stereocenters. The number of anilines is 2. The van der Waals surface area contributed by atoms with Gasteiger partial charge in [0.15, 0.2) is 11.4 Å². The SMILES string of the molecule is CCOC(O)Cc1ccc(NCc2cnc(NC(=O)C(C3CCCCC3)C3CCCCC3)s2)cc1. The number of rotatable bonds is 11. The molecule has 1 aromatic heterocycles. The number of hydrogen-bond donors (Lipinski definition) is 3. The van der Waals surface area contributed by atoms with E-state index >= 15 is 0 Å². The lowest BCUT2D eigenvalue weighted by Gasteiger charge is -2.36. The molecule has 0 saturated heterocycles. The summed E-state index contributed by atoms with van der Waals surface area (Å²) in [6.07, 6.45) is 14.1. The largest absolute Gasteiger partial charge is 0.380 e. The van der Waals surface area contributed by atoms with Crippen LogP contribution in [0.1, 0.15) is 81.6 Å².